The van der Waals surface area contributed by atoms with Crippen molar-refractivity contribution in [2.45, 2.75) is 25.9 Å². The molecule has 1 aromatic carbocycles. The molecular weight excluding hydrogens is 256 g/mol. The summed E-state index contributed by atoms with van der Waals surface area (Å²) in [7, 11) is 1.88. The number of nitrogens with one attached hydrogen (secondary N) is 1. The van der Waals surface area contributed by atoms with Crippen LogP contribution in [0.3, 0.4) is 0 Å². The van der Waals surface area contributed by atoms with Crippen LogP contribution in [0.25, 0.3) is 0 Å². The average molecular weight is 274 g/mol. The maximum atomic E-state index is 10.8. The molecular formula is C14H18N4O2. The Morgan fingerprint density at radius 3 is 2.90 bits per heavy atom. The summed E-state index contributed by atoms with van der Waals surface area (Å²) in [4.78, 5) is 10.5. The van der Waals surface area contributed by atoms with E-state index < -0.39 is 0 Å². The third-order valence-electron chi connectivity index (χ3n) is 3.20. The second-order valence-corrected chi connectivity index (χ2v) is 4.72. The minimum Gasteiger partial charge on any atom is -0.306 e. The lowest BCUT2D eigenvalue weighted by atomic mass is 10.0. The molecule has 20 heavy (non-hydrogen) atoms. The first-order chi connectivity index (χ1) is 9.60. The molecule has 0 aliphatic carbocycles. The number of hydrogen-bond donors (Lipinski definition) is 1. The van der Waals surface area contributed by atoms with Crippen molar-refractivity contribution in [3.63, 3.8) is 0 Å². The highest BCUT2D eigenvalue weighted by Crippen LogP contribution is 2.21. The van der Waals surface area contributed by atoms with Crippen LogP contribution in [0.15, 0.2) is 36.7 Å². The minimum atomic E-state index is -0.364. The lowest BCUT2D eigenvalue weighted by molar-refractivity contribution is -0.384. The second kappa shape index (κ2) is 6.29. The van der Waals surface area contributed by atoms with Crippen molar-refractivity contribution in [1.82, 2.24) is 15.1 Å². The largest absolute Gasteiger partial charge is 0.306 e. The fourth-order valence-corrected chi connectivity index (χ4v) is 2.16. The van der Waals surface area contributed by atoms with E-state index in [2.05, 4.69) is 17.3 Å². The van der Waals surface area contributed by atoms with E-state index in [0.717, 1.165) is 17.5 Å². The summed E-state index contributed by atoms with van der Waals surface area (Å²) in [5, 5.41) is 18.3. The summed E-state index contributed by atoms with van der Waals surface area (Å²) >= 11 is 0. The summed E-state index contributed by atoms with van der Waals surface area (Å²) in [6.07, 6.45) is 4.63. The lowest BCUT2D eigenvalue weighted by Crippen LogP contribution is -2.20. The van der Waals surface area contributed by atoms with Crippen LogP contribution in [0.4, 0.5) is 5.69 Å². The number of nitrogens with zero attached hydrogens (tertiary/aromatic N) is 3. The smallest absolute Gasteiger partial charge is 0.269 e. The minimum absolute atomic E-state index is 0.0927. The van der Waals surface area contributed by atoms with Gasteiger partial charge in [-0.25, -0.2) is 0 Å². The van der Waals surface area contributed by atoms with Gasteiger partial charge in [-0.15, -0.1) is 0 Å². The molecule has 1 aromatic heterocycles. The Morgan fingerprint density at radius 2 is 2.30 bits per heavy atom. The highest BCUT2D eigenvalue weighted by atomic mass is 16.6. The zero-order chi connectivity index (χ0) is 14.5. The van der Waals surface area contributed by atoms with Gasteiger partial charge in [0.25, 0.3) is 5.69 Å². The fraction of sp³-hybridized carbons (Fsp3) is 0.357. The highest BCUT2D eigenvalue weighted by Gasteiger charge is 2.13. The number of nitro benzene ring substituents is 1. The first kappa shape index (κ1) is 14.2. The quantitative estimate of drug-likeness (QED) is 0.649. The Labute approximate surface area is 117 Å². The summed E-state index contributed by atoms with van der Waals surface area (Å²) in [6, 6.07) is 6.87. The SMILES string of the molecule is CCC(NCc1cnn(C)c1)c1cccc([N+](=O)[O-])c1. The van der Waals surface area contributed by atoms with Crippen LogP contribution < -0.4 is 5.32 Å². The van der Waals surface area contributed by atoms with Gasteiger partial charge in [0.05, 0.1) is 11.1 Å². The molecule has 0 bridgehead atoms. The number of hydrogen-bond acceptors (Lipinski definition) is 4. The van der Waals surface area contributed by atoms with Gasteiger partial charge < -0.3 is 5.32 Å². The Morgan fingerprint density at radius 1 is 1.50 bits per heavy atom. The lowest BCUT2D eigenvalue weighted by Gasteiger charge is -2.16. The van der Waals surface area contributed by atoms with Gasteiger partial charge in [0.1, 0.15) is 0 Å². The van der Waals surface area contributed by atoms with Gasteiger partial charge in [-0.3, -0.25) is 14.8 Å². The monoisotopic (exact) mass is 274 g/mol. The van der Waals surface area contributed by atoms with E-state index in [0.29, 0.717) is 6.54 Å². The first-order valence-corrected chi connectivity index (χ1v) is 6.55. The van der Waals surface area contributed by atoms with E-state index in [1.807, 2.05) is 25.5 Å². The van der Waals surface area contributed by atoms with Crippen LogP contribution >= 0.6 is 0 Å². The summed E-state index contributed by atoms with van der Waals surface area (Å²) in [6.45, 7) is 2.74. The van der Waals surface area contributed by atoms with Crippen LogP contribution in [0, 0.1) is 10.1 Å². The van der Waals surface area contributed by atoms with Gasteiger partial charge in [0.15, 0.2) is 0 Å². The van der Waals surface area contributed by atoms with Crippen molar-refractivity contribution >= 4 is 5.69 Å². The number of aryl methyl sites for hydroxylation is 1. The molecule has 0 amide bonds. The normalized spacial score (nSPS) is 12.3. The molecule has 1 N–H and O–H groups in total. The standard InChI is InChI=1S/C14H18N4O2/c1-3-14(15-8-11-9-16-17(2)10-11)12-5-4-6-13(7-12)18(19)20/h4-7,9-10,14-15H,3,8H2,1-2H3. The maximum absolute atomic E-state index is 10.8. The molecule has 0 saturated heterocycles. The average Bonchev–Trinajstić information content (AvgIpc) is 2.85. The van der Waals surface area contributed by atoms with Crippen molar-refractivity contribution in [3.8, 4) is 0 Å². The number of nitro groups is 1. The van der Waals surface area contributed by atoms with E-state index in [4.69, 9.17) is 0 Å². The predicted molar refractivity (Wildman–Crippen MR) is 76.2 cm³/mol. The Balaban J connectivity index is 2.07. The van der Waals surface area contributed by atoms with E-state index in [1.54, 1.807) is 16.8 Å². The third-order valence-corrected chi connectivity index (χ3v) is 3.20. The van der Waals surface area contributed by atoms with Crippen LogP contribution in [0.5, 0.6) is 0 Å². The molecule has 1 heterocycles. The first-order valence-electron chi connectivity index (χ1n) is 6.55. The number of non-ortho nitro benzene ring substituents is 1. The van der Waals surface area contributed by atoms with E-state index in [-0.39, 0.29) is 16.7 Å². The zero-order valence-electron chi connectivity index (χ0n) is 11.6. The number of aromatic nitrogens is 2. The van der Waals surface area contributed by atoms with Crippen molar-refractivity contribution in [3.05, 3.63) is 57.9 Å². The molecule has 2 rings (SSSR count). The molecule has 0 radical (unpaired) electrons. The number of benzene rings is 1. The van der Waals surface area contributed by atoms with Crippen molar-refractivity contribution in [2.24, 2.45) is 7.05 Å². The van der Waals surface area contributed by atoms with Gasteiger partial charge in [0, 0.05) is 43.5 Å². The summed E-state index contributed by atoms with van der Waals surface area (Å²) < 4.78 is 1.76. The van der Waals surface area contributed by atoms with Crippen molar-refractivity contribution in [1.29, 1.82) is 0 Å². The van der Waals surface area contributed by atoms with Gasteiger partial charge in [0.2, 0.25) is 0 Å². The molecule has 0 saturated carbocycles. The molecule has 1 unspecified atom stereocenters. The summed E-state index contributed by atoms with van der Waals surface area (Å²) in [5.41, 5.74) is 2.16. The molecule has 106 valence electrons. The van der Waals surface area contributed by atoms with Gasteiger partial charge in [-0.05, 0) is 12.0 Å². The Kier molecular flexibility index (Phi) is 4.47. The highest BCUT2D eigenvalue weighted by molar-refractivity contribution is 5.35. The second-order valence-electron chi connectivity index (χ2n) is 4.72. The maximum Gasteiger partial charge on any atom is 0.269 e. The van der Waals surface area contributed by atoms with Crippen LogP contribution in [0.1, 0.15) is 30.5 Å². The van der Waals surface area contributed by atoms with Gasteiger partial charge >= 0.3 is 0 Å². The van der Waals surface area contributed by atoms with E-state index in [9.17, 15) is 10.1 Å². The topological polar surface area (TPSA) is 73.0 Å². The van der Waals surface area contributed by atoms with Crippen LogP contribution in [0.2, 0.25) is 0 Å². The van der Waals surface area contributed by atoms with Crippen LogP contribution in [-0.4, -0.2) is 14.7 Å². The molecule has 0 spiro atoms. The predicted octanol–water partition coefficient (Wildman–Crippen LogP) is 2.57. The summed E-state index contributed by atoms with van der Waals surface area (Å²) in [5.74, 6) is 0. The molecule has 6 nitrogen and oxygen atoms in total. The zero-order valence-corrected chi connectivity index (χ0v) is 11.6. The van der Waals surface area contributed by atoms with Crippen molar-refractivity contribution < 1.29 is 4.92 Å². The Bertz CT molecular complexity index is 594. The van der Waals surface area contributed by atoms with E-state index >= 15 is 0 Å². The van der Waals surface area contributed by atoms with Crippen molar-refractivity contribution in [2.75, 3.05) is 0 Å². The molecule has 0 aliphatic heterocycles. The van der Waals surface area contributed by atoms with Gasteiger partial charge in [-0.2, -0.15) is 5.10 Å². The van der Waals surface area contributed by atoms with E-state index in [1.165, 1.54) is 6.07 Å². The fourth-order valence-electron chi connectivity index (χ4n) is 2.16. The number of rotatable bonds is 6. The molecule has 0 aliphatic rings. The van der Waals surface area contributed by atoms with Crippen LogP contribution in [-0.2, 0) is 13.6 Å². The molecule has 0 fully saturated rings. The molecule has 6 heteroatoms. The third kappa shape index (κ3) is 3.42. The molecule has 1 atom stereocenters. The van der Waals surface area contributed by atoms with Gasteiger partial charge in [-0.1, -0.05) is 19.1 Å². The molecule has 2 aromatic rings. The Hall–Kier alpha value is -2.21.